The van der Waals surface area contributed by atoms with Gasteiger partial charge in [0, 0.05) is 56.1 Å². The van der Waals surface area contributed by atoms with Crippen molar-refractivity contribution < 1.29 is 14.3 Å². The second-order valence-electron chi connectivity index (χ2n) is 10.8. The van der Waals surface area contributed by atoms with Gasteiger partial charge in [-0.15, -0.1) is 0 Å². The number of amides is 1. The molecule has 0 radical (unpaired) electrons. The fourth-order valence-corrected chi connectivity index (χ4v) is 5.72. The maximum Gasteiger partial charge on any atom is 0.412 e. The molecule has 1 unspecified atom stereocenters. The third kappa shape index (κ3) is 5.35. The fraction of sp³-hybridized carbons (Fsp3) is 0.552. The van der Waals surface area contributed by atoms with Crippen LogP contribution >= 0.6 is 0 Å². The molecule has 0 bridgehead atoms. The van der Waals surface area contributed by atoms with Gasteiger partial charge in [0.15, 0.2) is 0 Å². The van der Waals surface area contributed by atoms with E-state index in [4.69, 9.17) is 14.5 Å². The topological polar surface area (TPSA) is 84.2 Å². The van der Waals surface area contributed by atoms with E-state index in [2.05, 4.69) is 38.5 Å². The third-order valence-electron chi connectivity index (χ3n) is 8.01. The van der Waals surface area contributed by atoms with Gasteiger partial charge >= 0.3 is 6.09 Å². The van der Waals surface area contributed by atoms with E-state index in [0.717, 1.165) is 80.2 Å². The molecule has 3 heterocycles. The average Bonchev–Trinajstić information content (AvgIpc) is 3.25. The van der Waals surface area contributed by atoms with Gasteiger partial charge in [-0.2, -0.15) is 0 Å². The van der Waals surface area contributed by atoms with Gasteiger partial charge in [-0.1, -0.05) is 19.4 Å². The van der Waals surface area contributed by atoms with Crippen LogP contribution in [0.3, 0.4) is 0 Å². The molecule has 1 saturated carbocycles. The van der Waals surface area contributed by atoms with Crippen LogP contribution in [0.25, 0.3) is 16.8 Å². The number of nitrogens with one attached hydrogen (secondary N) is 1. The van der Waals surface area contributed by atoms with Crippen LogP contribution in [0.1, 0.15) is 57.0 Å². The zero-order valence-electron chi connectivity index (χ0n) is 23.2. The Morgan fingerprint density at radius 3 is 2.68 bits per heavy atom. The lowest BCUT2D eigenvalue weighted by Crippen LogP contribution is -2.52. The van der Waals surface area contributed by atoms with E-state index in [0.29, 0.717) is 23.4 Å². The first-order valence-electron chi connectivity index (χ1n) is 13.8. The van der Waals surface area contributed by atoms with Crippen molar-refractivity contribution >= 4 is 17.3 Å². The molecule has 9 nitrogen and oxygen atoms in total. The number of fused-ring (bicyclic) bond motifs is 1. The Bertz CT molecular complexity index is 1280. The highest BCUT2D eigenvalue weighted by molar-refractivity contribution is 5.89. The summed E-state index contributed by atoms with van der Waals surface area (Å²) in [5.74, 6) is 2.08. The van der Waals surface area contributed by atoms with Crippen LogP contribution in [0.5, 0.6) is 5.75 Å². The van der Waals surface area contributed by atoms with Gasteiger partial charge in [0.05, 0.1) is 29.7 Å². The van der Waals surface area contributed by atoms with E-state index < -0.39 is 6.09 Å². The normalized spacial score (nSPS) is 21.2. The molecule has 1 saturated heterocycles. The first kappa shape index (κ1) is 26.4. The quantitative estimate of drug-likeness (QED) is 0.450. The van der Waals surface area contributed by atoms with E-state index in [1.54, 1.807) is 7.11 Å². The minimum atomic E-state index is -0.480. The van der Waals surface area contributed by atoms with Crippen molar-refractivity contribution in [1.29, 1.82) is 0 Å². The second kappa shape index (κ2) is 11.3. The third-order valence-corrected chi connectivity index (χ3v) is 8.01. The molecule has 3 aromatic rings. The predicted molar refractivity (Wildman–Crippen MR) is 149 cm³/mol. The Morgan fingerprint density at radius 1 is 1.21 bits per heavy atom. The summed E-state index contributed by atoms with van der Waals surface area (Å²) in [7, 11) is 3.80. The number of piperazine rings is 1. The Balaban J connectivity index is 1.38. The van der Waals surface area contributed by atoms with Gasteiger partial charge in [0.2, 0.25) is 0 Å². The number of aromatic nitrogens is 3. The molecule has 5 rings (SSSR count). The number of benzene rings is 1. The molecule has 2 aliphatic rings. The SMILES string of the molecule is CCCC(C)OC(=O)Nc1ccc(-c2nc([C@H]3C[C@H](N4CCN(C)CC4)C3)n3ccnc(C)c23)cc1OC. The molecule has 9 heteroatoms. The Kier molecular flexibility index (Phi) is 7.85. The number of nitrogens with zero attached hydrogens (tertiary/aromatic N) is 5. The van der Waals surface area contributed by atoms with Gasteiger partial charge in [-0.3, -0.25) is 19.6 Å². The van der Waals surface area contributed by atoms with E-state index in [9.17, 15) is 4.79 Å². The number of imidazole rings is 1. The lowest BCUT2D eigenvalue weighted by Gasteiger charge is -2.45. The van der Waals surface area contributed by atoms with Crippen LogP contribution in [0.4, 0.5) is 10.5 Å². The number of ether oxygens (including phenoxy) is 2. The minimum Gasteiger partial charge on any atom is -0.495 e. The van der Waals surface area contributed by atoms with Crippen molar-refractivity contribution in [2.75, 3.05) is 45.7 Å². The Labute approximate surface area is 225 Å². The number of methoxy groups -OCH3 is 1. The molecule has 1 amide bonds. The van der Waals surface area contributed by atoms with Crippen molar-refractivity contribution in [3.05, 3.63) is 42.1 Å². The van der Waals surface area contributed by atoms with Crippen LogP contribution in [0.15, 0.2) is 30.6 Å². The van der Waals surface area contributed by atoms with Crippen molar-refractivity contribution in [3.63, 3.8) is 0 Å². The molecular formula is C29H40N6O3. The number of likely N-dealkylation sites (N-methyl/N-ethyl adjacent to an activating group) is 1. The maximum atomic E-state index is 12.4. The summed E-state index contributed by atoms with van der Waals surface area (Å²) in [6.07, 6.45) is 7.31. The molecular weight excluding hydrogens is 480 g/mol. The number of carbonyl (C=O) groups is 1. The lowest BCUT2D eigenvalue weighted by atomic mass is 9.78. The molecule has 1 atom stereocenters. The van der Waals surface area contributed by atoms with E-state index in [1.165, 1.54) is 0 Å². The van der Waals surface area contributed by atoms with Gasteiger partial charge < -0.3 is 14.4 Å². The molecule has 1 N–H and O–H groups in total. The van der Waals surface area contributed by atoms with Crippen LogP contribution in [0, 0.1) is 6.92 Å². The average molecular weight is 521 g/mol. The first-order valence-corrected chi connectivity index (χ1v) is 13.8. The number of anilines is 1. The van der Waals surface area contributed by atoms with Crippen molar-refractivity contribution in [2.45, 2.75) is 64.5 Å². The maximum absolute atomic E-state index is 12.4. The van der Waals surface area contributed by atoms with Gasteiger partial charge in [-0.25, -0.2) is 9.78 Å². The van der Waals surface area contributed by atoms with Crippen molar-refractivity contribution in [1.82, 2.24) is 24.2 Å². The molecule has 1 aliphatic heterocycles. The largest absolute Gasteiger partial charge is 0.495 e. The number of rotatable bonds is 8. The number of aryl methyl sites for hydroxylation is 1. The lowest BCUT2D eigenvalue weighted by molar-refractivity contribution is 0.0586. The second-order valence-corrected chi connectivity index (χ2v) is 10.8. The summed E-state index contributed by atoms with van der Waals surface area (Å²) in [6, 6.07) is 6.39. The molecule has 2 aromatic heterocycles. The molecule has 1 aromatic carbocycles. The highest BCUT2D eigenvalue weighted by Gasteiger charge is 2.38. The molecule has 38 heavy (non-hydrogen) atoms. The zero-order chi connectivity index (χ0) is 26.8. The van der Waals surface area contributed by atoms with Gasteiger partial charge in [0.25, 0.3) is 0 Å². The summed E-state index contributed by atoms with van der Waals surface area (Å²) in [5.41, 5.74) is 4.33. The van der Waals surface area contributed by atoms with Crippen molar-refractivity contribution in [2.24, 2.45) is 0 Å². The van der Waals surface area contributed by atoms with E-state index in [-0.39, 0.29) is 6.10 Å². The van der Waals surface area contributed by atoms with Crippen LogP contribution < -0.4 is 10.1 Å². The van der Waals surface area contributed by atoms with Crippen LogP contribution in [-0.4, -0.2) is 82.7 Å². The van der Waals surface area contributed by atoms with Crippen molar-refractivity contribution in [3.8, 4) is 17.0 Å². The van der Waals surface area contributed by atoms with Gasteiger partial charge in [0.1, 0.15) is 17.7 Å². The highest BCUT2D eigenvalue weighted by atomic mass is 16.6. The summed E-state index contributed by atoms with van der Waals surface area (Å²) in [5, 5.41) is 2.83. The summed E-state index contributed by atoms with van der Waals surface area (Å²) in [4.78, 5) is 27.2. The summed E-state index contributed by atoms with van der Waals surface area (Å²) in [6.45, 7) is 10.6. The molecule has 1 aliphatic carbocycles. The molecule has 204 valence electrons. The fourth-order valence-electron chi connectivity index (χ4n) is 5.72. The summed E-state index contributed by atoms with van der Waals surface area (Å²) < 4.78 is 13.3. The van der Waals surface area contributed by atoms with E-state index in [1.807, 2.05) is 44.4 Å². The monoisotopic (exact) mass is 520 g/mol. The van der Waals surface area contributed by atoms with E-state index >= 15 is 0 Å². The smallest absolute Gasteiger partial charge is 0.412 e. The molecule has 2 fully saturated rings. The van der Waals surface area contributed by atoms with Gasteiger partial charge in [-0.05, 0) is 52.3 Å². The first-order chi connectivity index (χ1) is 18.4. The Hall–Kier alpha value is -3.17. The Morgan fingerprint density at radius 2 is 1.97 bits per heavy atom. The number of hydrogen-bond acceptors (Lipinski definition) is 7. The zero-order valence-corrected chi connectivity index (χ0v) is 23.2. The van der Waals surface area contributed by atoms with Crippen LogP contribution in [-0.2, 0) is 4.74 Å². The number of carbonyl (C=O) groups excluding carboxylic acids is 1. The highest BCUT2D eigenvalue weighted by Crippen LogP contribution is 2.42. The predicted octanol–water partition coefficient (Wildman–Crippen LogP) is 4.94. The summed E-state index contributed by atoms with van der Waals surface area (Å²) >= 11 is 0. The minimum absolute atomic E-state index is 0.140. The molecule has 0 spiro atoms. The standard InChI is InChI=1S/C29H40N6O3/c1-6-7-19(2)38-29(36)31-24-9-8-21(18-25(24)37-5)26-27-20(3)30-10-11-35(27)28(32-26)22-16-23(17-22)34-14-12-33(4)13-15-34/h8-11,18-19,22-23H,6-7,12-17H2,1-5H3,(H,31,36)/t19?,22-,23-. The number of hydrogen-bond donors (Lipinski definition) is 1. The van der Waals surface area contributed by atoms with Crippen LogP contribution in [0.2, 0.25) is 0 Å².